The highest BCUT2D eigenvalue weighted by Gasteiger charge is 2.24. The number of carbonyl (C=O) groups excluding carboxylic acids is 1. The lowest BCUT2D eigenvalue weighted by molar-refractivity contribution is -0.384. The number of ether oxygens (including phenoxy) is 3. The number of rotatable bonds is 4. The second-order valence-corrected chi connectivity index (χ2v) is 5.86. The van der Waals surface area contributed by atoms with E-state index in [1.165, 1.54) is 19.2 Å². The molecule has 0 saturated heterocycles. The summed E-state index contributed by atoms with van der Waals surface area (Å²) in [6, 6.07) is 3.48. The number of methoxy groups -OCH3 is 1. The van der Waals surface area contributed by atoms with Crippen LogP contribution in [-0.4, -0.2) is 28.6 Å². The molecule has 0 heterocycles. The quantitative estimate of drug-likeness (QED) is 0.273. The molecule has 0 amide bonds. The molecular weight excluding hydrogens is 336 g/mol. The van der Waals surface area contributed by atoms with Gasteiger partial charge in [0.25, 0.3) is 5.69 Å². The van der Waals surface area contributed by atoms with Gasteiger partial charge in [-0.2, -0.15) is 0 Å². The lowest BCUT2D eigenvalue weighted by atomic mass is 10.3. The fourth-order valence-corrected chi connectivity index (χ4v) is 1.28. The third kappa shape index (κ3) is 5.28. The van der Waals surface area contributed by atoms with Crippen LogP contribution in [0.2, 0.25) is 0 Å². The van der Waals surface area contributed by atoms with Crippen molar-refractivity contribution in [1.29, 1.82) is 0 Å². The van der Waals surface area contributed by atoms with Crippen molar-refractivity contribution in [1.82, 2.24) is 0 Å². The van der Waals surface area contributed by atoms with Crippen molar-refractivity contribution in [2.24, 2.45) is 0 Å². The van der Waals surface area contributed by atoms with Crippen LogP contribution in [-0.2, 0) is 4.74 Å². The number of nitrogens with zero attached hydrogens (tertiary/aromatic N) is 1. The number of halogens is 3. The summed E-state index contributed by atoms with van der Waals surface area (Å²) in [4.78, 5) is 21.3. The summed E-state index contributed by atoms with van der Waals surface area (Å²) in [6.07, 6.45) is -1.19. The number of hydrogen-bond acceptors (Lipinski definition) is 6. The van der Waals surface area contributed by atoms with Crippen molar-refractivity contribution in [3.8, 4) is 11.5 Å². The molecule has 0 fully saturated rings. The minimum atomic E-state index is -1.79. The number of nitro groups is 1. The van der Waals surface area contributed by atoms with Gasteiger partial charge in [0.15, 0.2) is 11.5 Å². The predicted octanol–water partition coefficient (Wildman–Crippen LogP) is 3.49. The first-order valence-corrected chi connectivity index (χ1v) is 6.10. The van der Waals surface area contributed by atoms with Crippen LogP contribution < -0.4 is 9.47 Å². The first kappa shape index (κ1) is 16.6. The van der Waals surface area contributed by atoms with Gasteiger partial charge in [-0.1, -0.05) is 34.8 Å². The molecule has 0 spiro atoms. The SMILES string of the molecule is COc1ccc([N+](=O)[O-])cc1OC(=O)OCC(Cl)(Cl)Cl. The van der Waals surface area contributed by atoms with E-state index in [-0.39, 0.29) is 17.2 Å². The molecular formula is C10H8Cl3NO6. The third-order valence-electron chi connectivity index (χ3n) is 1.91. The first-order chi connectivity index (χ1) is 9.23. The molecule has 110 valence electrons. The average Bonchev–Trinajstić information content (AvgIpc) is 2.35. The Morgan fingerprint density at radius 2 is 2.00 bits per heavy atom. The molecule has 0 atom stereocenters. The van der Waals surface area contributed by atoms with E-state index in [0.29, 0.717) is 0 Å². The highest BCUT2D eigenvalue weighted by molar-refractivity contribution is 6.67. The van der Waals surface area contributed by atoms with E-state index in [9.17, 15) is 14.9 Å². The topological polar surface area (TPSA) is 87.9 Å². The van der Waals surface area contributed by atoms with Crippen LogP contribution in [0.4, 0.5) is 10.5 Å². The second-order valence-electron chi connectivity index (χ2n) is 3.35. The Labute approximate surface area is 128 Å². The van der Waals surface area contributed by atoms with Crippen LogP contribution in [0.25, 0.3) is 0 Å². The Morgan fingerprint density at radius 3 is 2.50 bits per heavy atom. The Hall–Kier alpha value is -1.44. The molecule has 7 nitrogen and oxygen atoms in total. The molecule has 10 heteroatoms. The van der Waals surface area contributed by atoms with Crippen molar-refractivity contribution in [2.75, 3.05) is 13.7 Å². The summed E-state index contributed by atoms with van der Waals surface area (Å²) in [6.45, 7) is -0.534. The zero-order chi connectivity index (χ0) is 15.3. The Morgan fingerprint density at radius 1 is 1.35 bits per heavy atom. The van der Waals surface area contributed by atoms with Crippen molar-refractivity contribution in [3.05, 3.63) is 28.3 Å². The summed E-state index contributed by atoms with van der Waals surface area (Å²) < 4.78 is 12.4. The number of alkyl halides is 3. The monoisotopic (exact) mass is 343 g/mol. The standard InChI is InChI=1S/C10H8Cl3NO6/c1-18-7-3-2-6(14(16)17)4-8(7)20-9(15)19-5-10(11,12)13/h2-4H,5H2,1H3. The molecule has 0 saturated carbocycles. The van der Waals surface area contributed by atoms with Gasteiger partial charge in [-0.3, -0.25) is 10.1 Å². The zero-order valence-electron chi connectivity index (χ0n) is 9.97. The van der Waals surface area contributed by atoms with Crippen molar-refractivity contribution in [3.63, 3.8) is 0 Å². The molecule has 0 aliphatic heterocycles. The normalized spacial score (nSPS) is 10.8. The van der Waals surface area contributed by atoms with Gasteiger partial charge in [0.1, 0.15) is 6.61 Å². The smallest absolute Gasteiger partial charge is 0.493 e. The molecule has 1 rings (SSSR count). The summed E-state index contributed by atoms with van der Waals surface area (Å²) in [5.41, 5.74) is -0.282. The highest BCUT2D eigenvalue weighted by atomic mass is 35.6. The molecule has 20 heavy (non-hydrogen) atoms. The lowest BCUT2D eigenvalue weighted by Gasteiger charge is -2.12. The summed E-state index contributed by atoms with van der Waals surface area (Å²) in [7, 11) is 1.31. The van der Waals surface area contributed by atoms with E-state index in [1.807, 2.05) is 0 Å². The Bertz CT molecular complexity index is 516. The second kappa shape index (κ2) is 6.83. The molecule has 0 bridgehead atoms. The van der Waals surface area contributed by atoms with Gasteiger partial charge in [-0.05, 0) is 6.07 Å². The van der Waals surface area contributed by atoms with E-state index < -0.39 is 21.5 Å². The maximum atomic E-state index is 11.4. The van der Waals surface area contributed by atoms with E-state index in [0.717, 1.165) is 6.07 Å². The van der Waals surface area contributed by atoms with Crippen LogP contribution in [0.1, 0.15) is 0 Å². The van der Waals surface area contributed by atoms with Crippen LogP contribution in [0.3, 0.4) is 0 Å². The molecule has 0 aromatic heterocycles. The number of benzene rings is 1. The molecule has 0 aliphatic carbocycles. The Kier molecular flexibility index (Phi) is 5.67. The number of hydrogen-bond donors (Lipinski definition) is 0. The minimum absolute atomic E-state index is 0.112. The predicted molar refractivity (Wildman–Crippen MR) is 71.9 cm³/mol. The first-order valence-electron chi connectivity index (χ1n) is 4.96. The van der Waals surface area contributed by atoms with Gasteiger partial charge >= 0.3 is 6.16 Å². The van der Waals surface area contributed by atoms with Gasteiger partial charge in [0.2, 0.25) is 3.79 Å². The van der Waals surface area contributed by atoms with Crippen LogP contribution in [0.5, 0.6) is 11.5 Å². The fourth-order valence-electron chi connectivity index (χ4n) is 1.12. The number of carbonyl (C=O) groups is 1. The molecule has 0 unspecified atom stereocenters. The van der Waals surface area contributed by atoms with E-state index in [2.05, 4.69) is 4.74 Å². The highest BCUT2D eigenvalue weighted by Crippen LogP contribution is 2.32. The summed E-state index contributed by atoms with van der Waals surface area (Å²) >= 11 is 16.2. The Balaban J connectivity index is 2.82. The molecule has 0 radical (unpaired) electrons. The average molecular weight is 345 g/mol. The lowest BCUT2D eigenvalue weighted by Crippen LogP contribution is -2.19. The van der Waals surface area contributed by atoms with Gasteiger partial charge in [-0.15, -0.1) is 0 Å². The maximum absolute atomic E-state index is 11.4. The molecule has 1 aromatic carbocycles. The maximum Gasteiger partial charge on any atom is 0.514 e. The number of non-ortho nitro benzene ring substituents is 1. The van der Waals surface area contributed by atoms with Gasteiger partial charge in [0, 0.05) is 6.07 Å². The number of nitro benzene ring substituents is 1. The van der Waals surface area contributed by atoms with Crippen LogP contribution in [0.15, 0.2) is 18.2 Å². The van der Waals surface area contributed by atoms with Gasteiger partial charge in [0.05, 0.1) is 18.1 Å². The molecule has 1 aromatic rings. The van der Waals surface area contributed by atoms with E-state index >= 15 is 0 Å². The van der Waals surface area contributed by atoms with Gasteiger partial charge < -0.3 is 14.2 Å². The molecule has 0 aliphatic rings. The van der Waals surface area contributed by atoms with E-state index in [4.69, 9.17) is 44.3 Å². The minimum Gasteiger partial charge on any atom is -0.493 e. The summed E-state index contributed by atoms with van der Waals surface area (Å²) in [5.74, 6) is -0.0718. The van der Waals surface area contributed by atoms with Crippen molar-refractivity contribution < 1.29 is 23.9 Å². The summed E-state index contributed by atoms with van der Waals surface area (Å²) in [5, 5.41) is 10.6. The third-order valence-corrected chi connectivity index (χ3v) is 2.23. The molecule has 0 N–H and O–H groups in total. The zero-order valence-corrected chi connectivity index (χ0v) is 12.2. The van der Waals surface area contributed by atoms with Crippen molar-refractivity contribution >= 4 is 46.6 Å². The van der Waals surface area contributed by atoms with E-state index in [1.54, 1.807) is 0 Å². The van der Waals surface area contributed by atoms with Crippen LogP contribution >= 0.6 is 34.8 Å². The van der Waals surface area contributed by atoms with Crippen LogP contribution in [0, 0.1) is 10.1 Å². The largest absolute Gasteiger partial charge is 0.514 e. The van der Waals surface area contributed by atoms with Gasteiger partial charge in [-0.25, -0.2) is 4.79 Å². The van der Waals surface area contributed by atoms with Crippen molar-refractivity contribution in [2.45, 2.75) is 3.79 Å². The fraction of sp³-hybridized carbons (Fsp3) is 0.300.